The smallest absolute Gasteiger partial charge is 0.340 e. The lowest BCUT2D eigenvalue weighted by molar-refractivity contribution is -0.115. The van der Waals surface area contributed by atoms with Crippen LogP contribution < -0.4 is 20.4 Å². The first kappa shape index (κ1) is 21.4. The van der Waals surface area contributed by atoms with Crippen molar-refractivity contribution in [1.29, 1.82) is 0 Å². The summed E-state index contributed by atoms with van der Waals surface area (Å²) in [6.07, 6.45) is 0.977. The molecule has 30 heavy (non-hydrogen) atoms. The summed E-state index contributed by atoms with van der Waals surface area (Å²) in [4.78, 5) is 25.2. The van der Waals surface area contributed by atoms with E-state index in [1.807, 2.05) is 24.3 Å². The highest BCUT2D eigenvalue weighted by Crippen LogP contribution is 2.36. The predicted octanol–water partition coefficient (Wildman–Crippen LogP) is 4.81. The van der Waals surface area contributed by atoms with Gasteiger partial charge in [-0.25, -0.2) is 4.79 Å². The summed E-state index contributed by atoms with van der Waals surface area (Å²) in [6, 6.07) is 11.3. The molecule has 0 saturated carbocycles. The molecule has 3 rings (SSSR count). The maximum atomic E-state index is 12.6. The van der Waals surface area contributed by atoms with Crippen LogP contribution in [0.5, 0.6) is 11.5 Å². The second-order valence-corrected chi connectivity index (χ2v) is 7.33. The molecular formula is C24H27NO5. The largest absolute Gasteiger partial charge is 0.493 e. The van der Waals surface area contributed by atoms with E-state index in [9.17, 15) is 9.59 Å². The van der Waals surface area contributed by atoms with Crippen LogP contribution in [0.1, 0.15) is 42.9 Å². The maximum Gasteiger partial charge on any atom is 0.340 e. The van der Waals surface area contributed by atoms with Crippen LogP contribution in [0.25, 0.3) is 11.0 Å². The van der Waals surface area contributed by atoms with Crippen LogP contribution in [-0.4, -0.2) is 20.1 Å². The highest BCUT2D eigenvalue weighted by Gasteiger charge is 2.19. The monoisotopic (exact) mass is 409 g/mol. The predicted molar refractivity (Wildman–Crippen MR) is 118 cm³/mol. The average Bonchev–Trinajstić information content (AvgIpc) is 2.75. The van der Waals surface area contributed by atoms with Crippen molar-refractivity contribution in [3.63, 3.8) is 0 Å². The normalized spacial score (nSPS) is 11.9. The van der Waals surface area contributed by atoms with Crippen LogP contribution in [0.2, 0.25) is 0 Å². The molecular weight excluding hydrogens is 382 g/mol. The Morgan fingerprint density at radius 3 is 2.40 bits per heavy atom. The van der Waals surface area contributed by atoms with Crippen molar-refractivity contribution in [3.8, 4) is 11.5 Å². The van der Waals surface area contributed by atoms with Crippen LogP contribution in [0.3, 0.4) is 0 Å². The van der Waals surface area contributed by atoms with Crippen molar-refractivity contribution < 1.29 is 18.7 Å². The van der Waals surface area contributed by atoms with Gasteiger partial charge in [0.05, 0.1) is 26.2 Å². The molecule has 0 saturated heterocycles. The average molecular weight is 409 g/mol. The summed E-state index contributed by atoms with van der Waals surface area (Å²) in [7, 11) is 3.00. The van der Waals surface area contributed by atoms with Crippen LogP contribution in [0.4, 0.5) is 5.69 Å². The molecule has 3 aromatic rings. The Labute approximate surface area is 175 Å². The summed E-state index contributed by atoms with van der Waals surface area (Å²) in [5.41, 5.74) is 2.68. The first-order chi connectivity index (χ1) is 14.4. The van der Waals surface area contributed by atoms with E-state index in [0.29, 0.717) is 45.2 Å². The van der Waals surface area contributed by atoms with Gasteiger partial charge in [-0.2, -0.15) is 0 Å². The molecule has 1 aromatic heterocycles. The SMILES string of the molecule is CCC(C)c1ccc(NC(=O)Cc2c(C)c3ccc(OC)c(OC)c3oc2=O)cc1. The van der Waals surface area contributed by atoms with E-state index in [0.717, 1.165) is 6.42 Å². The summed E-state index contributed by atoms with van der Waals surface area (Å²) in [6.45, 7) is 6.11. The minimum atomic E-state index is -0.561. The number of benzene rings is 2. The molecule has 1 heterocycles. The molecule has 1 amide bonds. The van der Waals surface area contributed by atoms with Gasteiger partial charge in [-0.05, 0) is 54.7 Å². The fourth-order valence-electron chi connectivity index (χ4n) is 3.47. The number of hydrogen-bond acceptors (Lipinski definition) is 5. The minimum Gasteiger partial charge on any atom is -0.493 e. The third kappa shape index (κ3) is 4.17. The number of carbonyl (C=O) groups is 1. The number of fused-ring (bicyclic) bond motifs is 1. The van der Waals surface area contributed by atoms with Crippen molar-refractivity contribution >= 4 is 22.6 Å². The van der Waals surface area contributed by atoms with Crippen molar-refractivity contribution in [1.82, 2.24) is 0 Å². The molecule has 6 heteroatoms. The van der Waals surface area contributed by atoms with Crippen LogP contribution in [0, 0.1) is 6.92 Å². The number of methoxy groups -OCH3 is 2. The third-order valence-corrected chi connectivity index (χ3v) is 5.51. The molecule has 0 aliphatic carbocycles. The second kappa shape index (κ2) is 9.03. The Hall–Kier alpha value is -3.28. The zero-order valence-electron chi connectivity index (χ0n) is 18.0. The Balaban J connectivity index is 1.86. The number of aryl methyl sites for hydroxylation is 1. The molecule has 6 nitrogen and oxygen atoms in total. The van der Waals surface area contributed by atoms with Gasteiger partial charge in [0.25, 0.3) is 0 Å². The van der Waals surface area contributed by atoms with Crippen molar-refractivity contribution in [3.05, 3.63) is 63.5 Å². The lowest BCUT2D eigenvalue weighted by atomic mass is 9.98. The van der Waals surface area contributed by atoms with E-state index in [1.54, 1.807) is 19.1 Å². The van der Waals surface area contributed by atoms with Crippen molar-refractivity contribution in [2.45, 2.75) is 39.5 Å². The maximum absolute atomic E-state index is 12.6. The highest BCUT2D eigenvalue weighted by molar-refractivity contribution is 5.94. The first-order valence-electron chi connectivity index (χ1n) is 9.96. The van der Waals surface area contributed by atoms with Gasteiger partial charge < -0.3 is 19.2 Å². The van der Waals surface area contributed by atoms with Gasteiger partial charge in [0.15, 0.2) is 11.3 Å². The Morgan fingerprint density at radius 1 is 1.10 bits per heavy atom. The van der Waals surface area contributed by atoms with E-state index in [1.165, 1.54) is 19.8 Å². The molecule has 0 aliphatic rings. The van der Waals surface area contributed by atoms with E-state index in [2.05, 4.69) is 19.2 Å². The van der Waals surface area contributed by atoms with Gasteiger partial charge in [0.2, 0.25) is 11.7 Å². The Kier molecular flexibility index (Phi) is 6.45. The van der Waals surface area contributed by atoms with Gasteiger partial charge in [0, 0.05) is 11.1 Å². The number of hydrogen-bond donors (Lipinski definition) is 1. The summed E-state index contributed by atoms with van der Waals surface area (Å²) < 4.78 is 16.1. The highest BCUT2D eigenvalue weighted by atomic mass is 16.5. The zero-order chi connectivity index (χ0) is 21.8. The van der Waals surface area contributed by atoms with Gasteiger partial charge in [-0.3, -0.25) is 4.79 Å². The van der Waals surface area contributed by atoms with Gasteiger partial charge in [-0.1, -0.05) is 26.0 Å². The Morgan fingerprint density at radius 2 is 1.80 bits per heavy atom. The summed E-state index contributed by atoms with van der Waals surface area (Å²) in [5, 5.41) is 3.56. The molecule has 0 bridgehead atoms. The molecule has 1 unspecified atom stereocenters. The quantitative estimate of drug-likeness (QED) is 0.567. The van der Waals surface area contributed by atoms with E-state index < -0.39 is 5.63 Å². The molecule has 1 N–H and O–H groups in total. The summed E-state index contributed by atoms with van der Waals surface area (Å²) >= 11 is 0. The van der Waals surface area contributed by atoms with Crippen molar-refractivity contribution in [2.75, 3.05) is 19.5 Å². The second-order valence-electron chi connectivity index (χ2n) is 7.33. The molecule has 1 atom stereocenters. The molecule has 0 spiro atoms. The third-order valence-electron chi connectivity index (χ3n) is 5.51. The standard InChI is InChI=1S/C24H27NO5/c1-6-14(2)16-7-9-17(10-8-16)25-21(26)13-19-15(3)18-11-12-20(28-4)23(29-5)22(18)30-24(19)27/h7-12,14H,6,13H2,1-5H3,(H,25,26). The first-order valence-corrected chi connectivity index (χ1v) is 9.96. The lowest BCUT2D eigenvalue weighted by Gasteiger charge is -2.13. The van der Waals surface area contributed by atoms with Gasteiger partial charge in [-0.15, -0.1) is 0 Å². The van der Waals surface area contributed by atoms with E-state index >= 15 is 0 Å². The molecule has 0 aliphatic heterocycles. The zero-order valence-corrected chi connectivity index (χ0v) is 18.0. The number of rotatable bonds is 7. The lowest BCUT2D eigenvalue weighted by Crippen LogP contribution is -2.20. The number of ether oxygens (including phenoxy) is 2. The van der Waals surface area contributed by atoms with E-state index in [-0.39, 0.29) is 12.3 Å². The molecule has 0 radical (unpaired) electrons. The van der Waals surface area contributed by atoms with Gasteiger partial charge in [0.1, 0.15) is 0 Å². The summed E-state index contributed by atoms with van der Waals surface area (Å²) in [5.74, 6) is 1.02. The van der Waals surface area contributed by atoms with Crippen LogP contribution >= 0.6 is 0 Å². The van der Waals surface area contributed by atoms with Gasteiger partial charge >= 0.3 is 5.63 Å². The number of amides is 1. The number of carbonyl (C=O) groups excluding carboxylic acids is 1. The molecule has 0 fully saturated rings. The molecule has 2 aromatic carbocycles. The van der Waals surface area contributed by atoms with Crippen molar-refractivity contribution in [2.24, 2.45) is 0 Å². The topological polar surface area (TPSA) is 77.8 Å². The number of nitrogens with one attached hydrogen (secondary N) is 1. The fourth-order valence-corrected chi connectivity index (χ4v) is 3.47. The van der Waals surface area contributed by atoms with Crippen LogP contribution in [-0.2, 0) is 11.2 Å². The number of anilines is 1. The Bertz CT molecular complexity index is 1120. The fraction of sp³-hybridized carbons (Fsp3) is 0.333. The van der Waals surface area contributed by atoms with Crippen LogP contribution in [0.15, 0.2) is 45.6 Å². The van der Waals surface area contributed by atoms with E-state index in [4.69, 9.17) is 13.9 Å². The molecule has 158 valence electrons. The minimum absolute atomic E-state index is 0.0778.